The van der Waals surface area contributed by atoms with Gasteiger partial charge in [0, 0.05) is 17.3 Å². The summed E-state index contributed by atoms with van der Waals surface area (Å²) in [5.41, 5.74) is 1.29. The van der Waals surface area contributed by atoms with Crippen LogP contribution in [0.5, 0.6) is 11.5 Å². The van der Waals surface area contributed by atoms with E-state index in [0.717, 1.165) is 5.56 Å². The van der Waals surface area contributed by atoms with E-state index in [9.17, 15) is 9.59 Å². The van der Waals surface area contributed by atoms with Gasteiger partial charge in [0.15, 0.2) is 23.3 Å². The van der Waals surface area contributed by atoms with E-state index < -0.39 is 18.0 Å². The van der Waals surface area contributed by atoms with Gasteiger partial charge in [-0.15, -0.1) is 0 Å². The number of fused-ring (bicyclic) bond motifs is 1. The van der Waals surface area contributed by atoms with Gasteiger partial charge in [-0.2, -0.15) is 0 Å². The molecule has 0 saturated carbocycles. The van der Waals surface area contributed by atoms with Crippen molar-refractivity contribution in [3.8, 4) is 23.0 Å². The van der Waals surface area contributed by atoms with Crippen LogP contribution >= 0.6 is 0 Å². The molecule has 1 aromatic heterocycles. The molecule has 1 atom stereocenters. The molecule has 8 nitrogen and oxygen atoms in total. The van der Waals surface area contributed by atoms with E-state index in [2.05, 4.69) is 10.3 Å². The van der Waals surface area contributed by atoms with Crippen LogP contribution in [-0.2, 0) is 9.53 Å². The molecular weight excluding hydrogens is 388 g/mol. The standard InChI is InChI=1S/C22H20N2O6/c1-13-19(24-21(29-13)15-6-4-3-5-7-15)22(26)30-14(2)20(25)23-16-8-9-17-18(12-16)28-11-10-27-17/h3-9,12,14H,10-11H2,1-2H3,(H,23,25)/t14-/m1/s1. The molecule has 4 rings (SSSR count). The summed E-state index contributed by atoms with van der Waals surface area (Å²) >= 11 is 0. The second kappa shape index (κ2) is 8.28. The molecule has 1 N–H and O–H groups in total. The van der Waals surface area contributed by atoms with E-state index in [-0.39, 0.29) is 5.69 Å². The van der Waals surface area contributed by atoms with Gasteiger partial charge in [0.25, 0.3) is 5.91 Å². The van der Waals surface area contributed by atoms with Crippen molar-refractivity contribution in [2.24, 2.45) is 0 Å². The summed E-state index contributed by atoms with van der Waals surface area (Å²) in [6.07, 6.45) is -1.04. The fourth-order valence-electron chi connectivity index (χ4n) is 2.92. The van der Waals surface area contributed by atoms with Crippen LogP contribution in [0.25, 0.3) is 11.5 Å². The molecule has 3 aromatic rings. The molecule has 0 aliphatic carbocycles. The van der Waals surface area contributed by atoms with Crippen LogP contribution in [0.15, 0.2) is 52.9 Å². The topological polar surface area (TPSA) is 99.9 Å². The lowest BCUT2D eigenvalue weighted by atomic mass is 10.2. The Morgan fingerprint density at radius 1 is 1.07 bits per heavy atom. The smallest absolute Gasteiger partial charge is 0.361 e. The number of aryl methyl sites for hydroxylation is 1. The highest BCUT2D eigenvalue weighted by molar-refractivity contribution is 5.97. The zero-order valence-corrected chi connectivity index (χ0v) is 16.5. The molecule has 1 aliphatic heterocycles. The van der Waals surface area contributed by atoms with Crippen molar-refractivity contribution in [3.63, 3.8) is 0 Å². The third-order valence-corrected chi connectivity index (χ3v) is 4.47. The lowest BCUT2D eigenvalue weighted by molar-refractivity contribution is -0.123. The Kier molecular flexibility index (Phi) is 5.38. The first-order chi connectivity index (χ1) is 14.5. The summed E-state index contributed by atoms with van der Waals surface area (Å²) in [4.78, 5) is 29.2. The van der Waals surface area contributed by atoms with Crippen LogP contribution in [-0.4, -0.2) is 36.2 Å². The molecule has 0 bridgehead atoms. The Balaban J connectivity index is 1.41. The van der Waals surface area contributed by atoms with Gasteiger partial charge < -0.3 is 23.9 Å². The van der Waals surface area contributed by atoms with Crippen LogP contribution < -0.4 is 14.8 Å². The summed E-state index contributed by atoms with van der Waals surface area (Å²) in [5, 5.41) is 2.70. The van der Waals surface area contributed by atoms with Gasteiger partial charge in [0.05, 0.1) is 0 Å². The average molecular weight is 408 g/mol. The molecule has 0 unspecified atom stereocenters. The fourth-order valence-corrected chi connectivity index (χ4v) is 2.92. The second-order valence-electron chi connectivity index (χ2n) is 6.69. The lowest BCUT2D eigenvalue weighted by Gasteiger charge is -2.19. The van der Waals surface area contributed by atoms with Gasteiger partial charge in [-0.3, -0.25) is 4.79 Å². The second-order valence-corrected chi connectivity index (χ2v) is 6.69. The molecule has 0 saturated heterocycles. The van der Waals surface area contributed by atoms with Crippen molar-refractivity contribution in [1.29, 1.82) is 0 Å². The van der Waals surface area contributed by atoms with Gasteiger partial charge in [-0.05, 0) is 38.1 Å². The molecule has 1 amide bonds. The molecule has 154 valence electrons. The Morgan fingerprint density at radius 3 is 2.57 bits per heavy atom. The van der Waals surface area contributed by atoms with E-state index in [0.29, 0.717) is 42.1 Å². The first kappa shape index (κ1) is 19.5. The Hall–Kier alpha value is -3.81. The number of oxazole rings is 1. The Bertz CT molecular complexity index is 1080. The van der Waals surface area contributed by atoms with E-state index in [4.69, 9.17) is 18.6 Å². The highest BCUT2D eigenvalue weighted by atomic mass is 16.6. The summed E-state index contributed by atoms with van der Waals surface area (Å²) in [5.74, 6) is 0.587. The molecule has 0 radical (unpaired) electrons. The zero-order chi connectivity index (χ0) is 21.1. The summed E-state index contributed by atoms with van der Waals surface area (Å²) in [6.45, 7) is 4.04. The van der Waals surface area contributed by atoms with E-state index in [1.54, 1.807) is 25.1 Å². The maximum atomic E-state index is 12.5. The number of anilines is 1. The van der Waals surface area contributed by atoms with Gasteiger partial charge >= 0.3 is 5.97 Å². The van der Waals surface area contributed by atoms with Crippen molar-refractivity contribution >= 4 is 17.6 Å². The number of rotatable bonds is 5. The first-order valence-electron chi connectivity index (χ1n) is 9.45. The fraction of sp³-hybridized carbons (Fsp3) is 0.227. The minimum absolute atomic E-state index is 0.0350. The Labute approximate surface area is 172 Å². The normalized spacial score (nSPS) is 13.4. The van der Waals surface area contributed by atoms with Crippen LogP contribution in [0.4, 0.5) is 5.69 Å². The molecule has 0 fully saturated rings. The number of amides is 1. The molecular formula is C22H20N2O6. The number of ether oxygens (including phenoxy) is 3. The third-order valence-electron chi connectivity index (χ3n) is 4.47. The number of carbonyl (C=O) groups is 2. The van der Waals surface area contributed by atoms with Crippen molar-refractivity contribution in [1.82, 2.24) is 4.98 Å². The van der Waals surface area contributed by atoms with Crippen molar-refractivity contribution in [3.05, 3.63) is 60.0 Å². The number of aromatic nitrogens is 1. The molecule has 30 heavy (non-hydrogen) atoms. The number of hydrogen-bond donors (Lipinski definition) is 1. The predicted octanol–water partition coefficient (Wildman–Crippen LogP) is 3.61. The quantitative estimate of drug-likeness (QED) is 0.644. The number of nitrogens with zero attached hydrogens (tertiary/aromatic N) is 1. The van der Waals surface area contributed by atoms with Crippen LogP contribution in [0.3, 0.4) is 0 Å². The third kappa shape index (κ3) is 4.12. The highest BCUT2D eigenvalue weighted by Crippen LogP contribution is 2.32. The molecule has 1 aliphatic rings. The predicted molar refractivity (Wildman–Crippen MR) is 108 cm³/mol. The number of carbonyl (C=O) groups excluding carboxylic acids is 2. The largest absolute Gasteiger partial charge is 0.486 e. The molecule has 0 spiro atoms. The van der Waals surface area contributed by atoms with Crippen molar-refractivity contribution in [2.75, 3.05) is 18.5 Å². The van der Waals surface area contributed by atoms with Crippen LogP contribution in [0.1, 0.15) is 23.2 Å². The maximum absolute atomic E-state index is 12.5. The van der Waals surface area contributed by atoms with Gasteiger partial charge in [-0.1, -0.05) is 18.2 Å². The zero-order valence-electron chi connectivity index (χ0n) is 16.5. The van der Waals surface area contributed by atoms with E-state index >= 15 is 0 Å². The molecule has 2 aromatic carbocycles. The monoisotopic (exact) mass is 408 g/mol. The van der Waals surface area contributed by atoms with E-state index in [1.807, 2.05) is 30.3 Å². The molecule has 8 heteroatoms. The lowest BCUT2D eigenvalue weighted by Crippen LogP contribution is -2.30. The van der Waals surface area contributed by atoms with Crippen molar-refractivity contribution in [2.45, 2.75) is 20.0 Å². The minimum Gasteiger partial charge on any atom is -0.486 e. The minimum atomic E-state index is -1.04. The van der Waals surface area contributed by atoms with Crippen molar-refractivity contribution < 1.29 is 28.2 Å². The number of esters is 1. The highest BCUT2D eigenvalue weighted by Gasteiger charge is 2.25. The van der Waals surface area contributed by atoms with E-state index in [1.165, 1.54) is 6.92 Å². The van der Waals surface area contributed by atoms with Crippen LogP contribution in [0.2, 0.25) is 0 Å². The van der Waals surface area contributed by atoms with Gasteiger partial charge in [0.1, 0.15) is 19.0 Å². The number of hydrogen-bond acceptors (Lipinski definition) is 7. The maximum Gasteiger partial charge on any atom is 0.361 e. The number of benzene rings is 2. The van der Waals surface area contributed by atoms with Gasteiger partial charge in [-0.25, -0.2) is 9.78 Å². The van der Waals surface area contributed by atoms with Gasteiger partial charge in [0.2, 0.25) is 5.89 Å². The summed E-state index contributed by atoms with van der Waals surface area (Å²) in [7, 11) is 0. The first-order valence-corrected chi connectivity index (χ1v) is 9.45. The Morgan fingerprint density at radius 2 is 1.80 bits per heavy atom. The SMILES string of the molecule is Cc1oc(-c2ccccc2)nc1C(=O)O[C@H](C)C(=O)Nc1ccc2c(c1)OCCO2. The average Bonchev–Trinajstić information content (AvgIpc) is 3.16. The number of nitrogens with one attached hydrogen (secondary N) is 1. The summed E-state index contributed by atoms with van der Waals surface area (Å²) < 4.78 is 21.8. The van der Waals surface area contributed by atoms with Crippen LogP contribution in [0, 0.1) is 6.92 Å². The molecule has 2 heterocycles. The summed E-state index contributed by atoms with van der Waals surface area (Å²) in [6, 6.07) is 14.3.